The molecule has 1 unspecified atom stereocenters. The molecule has 3 N–H and O–H groups in total. The van der Waals surface area contributed by atoms with Crippen LogP contribution in [-0.4, -0.2) is 37.5 Å². The lowest BCUT2D eigenvalue weighted by Gasteiger charge is -2.22. The topological polar surface area (TPSA) is 70.2 Å². The van der Waals surface area contributed by atoms with Crippen LogP contribution in [0.2, 0.25) is 0 Å². The van der Waals surface area contributed by atoms with E-state index in [1.165, 1.54) is 0 Å². The van der Waals surface area contributed by atoms with Gasteiger partial charge in [-0.25, -0.2) is 0 Å². The molecule has 2 rings (SSSR count). The summed E-state index contributed by atoms with van der Waals surface area (Å²) in [7, 11) is 0. The van der Waals surface area contributed by atoms with E-state index >= 15 is 0 Å². The van der Waals surface area contributed by atoms with Gasteiger partial charge >= 0.3 is 0 Å². The molecular weight excluding hydrogens is 218 g/mol. The van der Waals surface area contributed by atoms with Gasteiger partial charge in [0.2, 0.25) is 11.8 Å². The maximum Gasteiger partial charge on any atom is 0.220 e. The zero-order valence-electron chi connectivity index (χ0n) is 10.1. The Morgan fingerprint density at radius 1 is 1.29 bits per heavy atom. The second-order valence-corrected chi connectivity index (χ2v) is 5.00. The van der Waals surface area contributed by atoms with E-state index in [4.69, 9.17) is 0 Å². The van der Waals surface area contributed by atoms with E-state index in [1.807, 2.05) is 0 Å². The molecular formula is C12H21N3O2. The van der Waals surface area contributed by atoms with Crippen LogP contribution in [0.1, 0.15) is 32.1 Å². The van der Waals surface area contributed by atoms with Crippen molar-refractivity contribution in [2.75, 3.05) is 19.6 Å². The lowest BCUT2D eigenvalue weighted by molar-refractivity contribution is -0.123. The van der Waals surface area contributed by atoms with Gasteiger partial charge < -0.3 is 16.0 Å². The summed E-state index contributed by atoms with van der Waals surface area (Å²) in [6.07, 6.45) is 4.24. The highest BCUT2D eigenvalue weighted by atomic mass is 16.2. The van der Waals surface area contributed by atoms with Gasteiger partial charge in [0.1, 0.15) is 0 Å². The van der Waals surface area contributed by atoms with Gasteiger partial charge in [-0.15, -0.1) is 0 Å². The third-order valence-corrected chi connectivity index (χ3v) is 3.56. The normalized spacial score (nSPS) is 25.6. The fourth-order valence-electron chi connectivity index (χ4n) is 2.49. The van der Waals surface area contributed by atoms with Gasteiger partial charge in [0.05, 0.1) is 0 Å². The van der Waals surface area contributed by atoms with E-state index in [1.54, 1.807) is 0 Å². The van der Waals surface area contributed by atoms with Crippen LogP contribution in [0, 0.1) is 5.92 Å². The highest BCUT2D eigenvalue weighted by Gasteiger charge is 2.22. The van der Waals surface area contributed by atoms with E-state index < -0.39 is 0 Å². The lowest BCUT2D eigenvalue weighted by atomic mass is 9.94. The summed E-state index contributed by atoms with van der Waals surface area (Å²) in [5, 5.41) is 9.06. The minimum absolute atomic E-state index is 0.0996. The molecule has 0 spiro atoms. The van der Waals surface area contributed by atoms with E-state index in [2.05, 4.69) is 16.0 Å². The summed E-state index contributed by atoms with van der Waals surface area (Å²) < 4.78 is 0. The summed E-state index contributed by atoms with van der Waals surface area (Å²) in [6, 6.07) is 0.138. The number of carbonyl (C=O) groups excluding carboxylic acids is 2. The number of hydrogen-bond acceptors (Lipinski definition) is 3. The zero-order chi connectivity index (χ0) is 12.1. The third kappa shape index (κ3) is 4.00. The SMILES string of the molecule is O=C(CC1CCNCC1)NCC1CCC(=O)N1. The molecule has 1 atom stereocenters. The zero-order valence-corrected chi connectivity index (χ0v) is 10.1. The van der Waals surface area contributed by atoms with Gasteiger partial charge in [0, 0.05) is 25.4 Å². The molecule has 17 heavy (non-hydrogen) atoms. The Labute approximate surface area is 102 Å². The summed E-state index contributed by atoms with van der Waals surface area (Å²) in [5.74, 6) is 0.745. The molecule has 2 aliphatic heterocycles. The van der Waals surface area contributed by atoms with Crippen LogP contribution in [0.25, 0.3) is 0 Å². The van der Waals surface area contributed by atoms with Gasteiger partial charge in [0.15, 0.2) is 0 Å². The van der Waals surface area contributed by atoms with E-state index in [9.17, 15) is 9.59 Å². The molecule has 2 amide bonds. The van der Waals surface area contributed by atoms with Crippen molar-refractivity contribution in [1.29, 1.82) is 0 Å². The highest BCUT2D eigenvalue weighted by Crippen LogP contribution is 2.15. The molecule has 2 saturated heterocycles. The van der Waals surface area contributed by atoms with Crippen molar-refractivity contribution in [1.82, 2.24) is 16.0 Å². The molecule has 0 bridgehead atoms. The molecule has 96 valence electrons. The Balaban J connectivity index is 1.61. The number of piperidine rings is 1. The molecule has 0 aromatic rings. The average molecular weight is 239 g/mol. The monoisotopic (exact) mass is 239 g/mol. The molecule has 2 aliphatic rings. The Morgan fingerprint density at radius 2 is 2.06 bits per heavy atom. The van der Waals surface area contributed by atoms with Crippen LogP contribution in [0.4, 0.5) is 0 Å². The van der Waals surface area contributed by atoms with Gasteiger partial charge in [-0.05, 0) is 38.3 Å². The van der Waals surface area contributed by atoms with Crippen molar-refractivity contribution in [3.63, 3.8) is 0 Å². The van der Waals surface area contributed by atoms with Gasteiger partial charge in [0.25, 0.3) is 0 Å². The first kappa shape index (κ1) is 12.4. The molecule has 0 aromatic heterocycles. The number of amides is 2. The average Bonchev–Trinajstić information content (AvgIpc) is 2.74. The van der Waals surface area contributed by atoms with Crippen molar-refractivity contribution >= 4 is 11.8 Å². The molecule has 5 heteroatoms. The summed E-state index contributed by atoms with van der Waals surface area (Å²) in [6.45, 7) is 2.63. The van der Waals surface area contributed by atoms with Crippen molar-refractivity contribution in [3.8, 4) is 0 Å². The van der Waals surface area contributed by atoms with Crippen LogP contribution in [0.3, 0.4) is 0 Å². The van der Waals surface area contributed by atoms with Crippen molar-refractivity contribution in [3.05, 3.63) is 0 Å². The number of hydrogen-bond donors (Lipinski definition) is 3. The molecule has 2 heterocycles. The second-order valence-electron chi connectivity index (χ2n) is 5.00. The molecule has 2 fully saturated rings. The predicted molar refractivity (Wildman–Crippen MR) is 64.4 cm³/mol. The second kappa shape index (κ2) is 6.00. The standard InChI is InChI=1S/C12H21N3O2/c16-11-2-1-10(15-11)8-14-12(17)7-9-3-5-13-6-4-9/h9-10,13H,1-8H2,(H,14,17)(H,15,16). The fourth-order valence-corrected chi connectivity index (χ4v) is 2.49. The maximum absolute atomic E-state index is 11.7. The lowest BCUT2D eigenvalue weighted by Crippen LogP contribution is -2.39. The van der Waals surface area contributed by atoms with E-state index in [0.29, 0.717) is 25.3 Å². The third-order valence-electron chi connectivity index (χ3n) is 3.56. The fraction of sp³-hybridized carbons (Fsp3) is 0.833. The first-order chi connectivity index (χ1) is 8.24. The van der Waals surface area contributed by atoms with Crippen LogP contribution in [0.15, 0.2) is 0 Å². The van der Waals surface area contributed by atoms with Crippen molar-refractivity contribution < 1.29 is 9.59 Å². The number of nitrogens with one attached hydrogen (secondary N) is 3. The quantitative estimate of drug-likeness (QED) is 0.635. The van der Waals surface area contributed by atoms with Crippen LogP contribution in [-0.2, 0) is 9.59 Å². The largest absolute Gasteiger partial charge is 0.354 e. The van der Waals surface area contributed by atoms with Crippen molar-refractivity contribution in [2.45, 2.75) is 38.1 Å². The minimum atomic E-state index is 0.0996. The van der Waals surface area contributed by atoms with Crippen LogP contribution >= 0.6 is 0 Å². The molecule has 0 saturated carbocycles. The van der Waals surface area contributed by atoms with E-state index in [0.717, 1.165) is 32.4 Å². The smallest absolute Gasteiger partial charge is 0.220 e. The summed E-state index contributed by atoms with van der Waals surface area (Å²) >= 11 is 0. The highest BCUT2D eigenvalue weighted by molar-refractivity contribution is 5.79. The van der Waals surface area contributed by atoms with Gasteiger partial charge in [-0.1, -0.05) is 0 Å². The number of carbonyl (C=O) groups is 2. The minimum Gasteiger partial charge on any atom is -0.354 e. The first-order valence-electron chi connectivity index (χ1n) is 6.51. The van der Waals surface area contributed by atoms with Crippen LogP contribution < -0.4 is 16.0 Å². The number of rotatable bonds is 4. The Morgan fingerprint density at radius 3 is 2.71 bits per heavy atom. The Hall–Kier alpha value is -1.10. The molecule has 0 aromatic carbocycles. The predicted octanol–water partition coefficient (Wildman–Crippen LogP) is -0.229. The summed E-state index contributed by atoms with van der Waals surface area (Å²) in [4.78, 5) is 22.7. The summed E-state index contributed by atoms with van der Waals surface area (Å²) in [5.41, 5.74) is 0. The maximum atomic E-state index is 11.7. The van der Waals surface area contributed by atoms with Crippen molar-refractivity contribution in [2.24, 2.45) is 5.92 Å². The molecule has 5 nitrogen and oxygen atoms in total. The van der Waals surface area contributed by atoms with Crippen LogP contribution in [0.5, 0.6) is 0 Å². The molecule has 0 radical (unpaired) electrons. The Bertz CT molecular complexity index is 287. The Kier molecular flexibility index (Phi) is 4.36. The van der Waals surface area contributed by atoms with Gasteiger partial charge in [-0.3, -0.25) is 9.59 Å². The van der Waals surface area contributed by atoms with E-state index in [-0.39, 0.29) is 17.9 Å². The van der Waals surface area contributed by atoms with Gasteiger partial charge in [-0.2, -0.15) is 0 Å². The molecule has 0 aliphatic carbocycles. The first-order valence-corrected chi connectivity index (χ1v) is 6.51.